The molecule has 1 N–H and O–H groups in total. The molecule has 0 unspecified atom stereocenters. The van der Waals surface area contributed by atoms with Crippen molar-refractivity contribution in [2.75, 3.05) is 11.9 Å². The molecule has 0 aliphatic carbocycles. The minimum absolute atomic E-state index is 0.0779. The lowest BCUT2D eigenvalue weighted by atomic mass is 10.1. The third-order valence-electron chi connectivity index (χ3n) is 5.28. The molecule has 3 aromatic rings. The van der Waals surface area contributed by atoms with Crippen LogP contribution in [0, 0.1) is 27.7 Å². The van der Waals surface area contributed by atoms with Gasteiger partial charge in [0.25, 0.3) is 0 Å². The standard InChI is InChI=1S/C25H26Cl2N2O3S/c1-16-5-9-22(10-6-16)33(31,32)29(14-20-7-8-21(26)13-23(20)27)15-24(30)28-25-18(3)11-17(2)12-19(25)4/h5-13H,14-15H2,1-4H3,(H,28,30). The summed E-state index contributed by atoms with van der Waals surface area (Å²) in [6, 6.07) is 15.3. The van der Waals surface area contributed by atoms with E-state index in [1.165, 1.54) is 12.1 Å². The van der Waals surface area contributed by atoms with Gasteiger partial charge in [0, 0.05) is 22.3 Å². The Hall–Kier alpha value is -2.38. The molecule has 3 rings (SSSR count). The number of aryl methyl sites for hydroxylation is 4. The molecule has 0 saturated carbocycles. The molecule has 0 heterocycles. The van der Waals surface area contributed by atoms with Crippen LogP contribution in [0.2, 0.25) is 10.0 Å². The van der Waals surface area contributed by atoms with Gasteiger partial charge < -0.3 is 5.32 Å². The van der Waals surface area contributed by atoms with Crippen LogP contribution in [-0.2, 0) is 21.4 Å². The van der Waals surface area contributed by atoms with Crippen LogP contribution in [0.5, 0.6) is 0 Å². The molecule has 3 aromatic carbocycles. The van der Waals surface area contributed by atoms with Crippen LogP contribution in [0.3, 0.4) is 0 Å². The van der Waals surface area contributed by atoms with Gasteiger partial charge in [-0.25, -0.2) is 8.42 Å². The number of sulfonamides is 1. The van der Waals surface area contributed by atoms with Crippen molar-refractivity contribution in [2.45, 2.75) is 39.1 Å². The molecule has 0 aliphatic rings. The molecule has 0 radical (unpaired) electrons. The van der Waals surface area contributed by atoms with Gasteiger partial charge in [-0.3, -0.25) is 4.79 Å². The van der Waals surface area contributed by atoms with E-state index in [0.717, 1.165) is 26.6 Å². The molecule has 174 valence electrons. The lowest BCUT2D eigenvalue weighted by Crippen LogP contribution is -2.37. The summed E-state index contributed by atoms with van der Waals surface area (Å²) in [6.07, 6.45) is 0. The van der Waals surface area contributed by atoms with E-state index in [9.17, 15) is 13.2 Å². The minimum atomic E-state index is -3.98. The summed E-state index contributed by atoms with van der Waals surface area (Å²) < 4.78 is 28.1. The average Bonchev–Trinajstić information content (AvgIpc) is 2.72. The van der Waals surface area contributed by atoms with Crippen LogP contribution in [0.15, 0.2) is 59.5 Å². The molecular weight excluding hydrogens is 479 g/mol. The molecule has 0 saturated heterocycles. The first kappa shape index (κ1) is 25.2. The van der Waals surface area contributed by atoms with Crippen LogP contribution >= 0.6 is 23.2 Å². The fourth-order valence-electron chi connectivity index (χ4n) is 3.64. The van der Waals surface area contributed by atoms with Gasteiger partial charge in [0.2, 0.25) is 15.9 Å². The first-order valence-electron chi connectivity index (χ1n) is 10.4. The number of benzene rings is 3. The second kappa shape index (κ2) is 10.3. The molecule has 0 aliphatic heterocycles. The van der Waals surface area contributed by atoms with Crippen molar-refractivity contribution in [1.29, 1.82) is 0 Å². The van der Waals surface area contributed by atoms with Gasteiger partial charge in [-0.15, -0.1) is 0 Å². The van der Waals surface area contributed by atoms with E-state index in [2.05, 4.69) is 5.32 Å². The maximum Gasteiger partial charge on any atom is 0.243 e. The maximum absolute atomic E-state index is 13.5. The van der Waals surface area contributed by atoms with E-state index >= 15 is 0 Å². The molecule has 1 amide bonds. The number of nitrogens with one attached hydrogen (secondary N) is 1. The number of hydrogen-bond donors (Lipinski definition) is 1. The van der Waals surface area contributed by atoms with Gasteiger partial charge in [-0.2, -0.15) is 4.31 Å². The highest BCUT2D eigenvalue weighted by Gasteiger charge is 2.28. The summed E-state index contributed by atoms with van der Waals surface area (Å²) in [5.74, 6) is -0.439. The number of amides is 1. The van der Waals surface area contributed by atoms with Gasteiger partial charge in [0.1, 0.15) is 0 Å². The Morgan fingerprint density at radius 3 is 2.06 bits per heavy atom. The number of nitrogens with zero attached hydrogens (tertiary/aromatic N) is 1. The van der Waals surface area contributed by atoms with Crippen molar-refractivity contribution >= 4 is 44.8 Å². The van der Waals surface area contributed by atoms with E-state index in [0.29, 0.717) is 21.3 Å². The number of hydrogen-bond acceptors (Lipinski definition) is 3. The zero-order valence-electron chi connectivity index (χ0n) is 18.9. The maximum atomic E-state index is 13.5. The van der Waals surface area contributed by atoms with Gasteiger partial charge in [0.05, 0.1) is 11.4 Å². The van der Waals surface area contributed by atoms with Gasteiger partial charge >= 0.3 is 0 Å². The van der Waals surface area contributed by atoms with Crippen LogP contribution in [0.1, 0.15) is 27.8 Å². The van der Waals surface area contributed by atoms with E-state index in [1.54, 1.807) is 30.3 Å². The predicted molar refractivity (Wildman–Crippen MR) is 135 cm³/mol. The fraction of sp³-hybridized carbons (Fsp3) is 0.240. The van der Waals surface area contributed by atoms with E-state index in [-0.39, 0.29) is 18.0 Å². The third-order valence-corrected chi connectivity index (χ3v) is 7.67. The Balaban J connectivity index is 1.94. The number of halogens is 2. The molecule has 33 heavy (non-hydrogen) atoms. The second-order valence-corrected chi connectivity index (χ2v) is 10.9. The van der Waals surface area contributed by atoms with Gasteiger partial charge in [-0.05, 0) is 68.7 Å². The molecule has 0 aromatic heterocycles. The number of carbonyl (C=O) groups is 1. The number of anilines is 1. The highest BCUT2D eigenvalue weighted by atomic mass is 35.5. The zero-order chi connectivity index (χ0) is 24.3. The molecule has 0 bridgehead atoms. The average molecular weight is 505 g/mol. The monoisotopic (exact) mass is 504 g/mol. The summed E-state index contributed by atoms with van der Waals surface area (Å²) in [4.78, 5) is 13.1. The van der Waals surface area contributed by atoms with Crippen LogP contribution in [0.4, 0.5) is 5.69 Å². The van der Waals surface area contributed by atoms with Crippen molar-refractivity contribution in [3.05, 3.63) is 92.5 Å². The lowest BCUT2D eigenvalue weighted by Gasteiger charge is -2.23. The highest BCUT2D eigenvalue weighted by molar-refractivity contribution is 7.89. The third kappa shape index (κ3) is 6.15. The van der Waals surface area contributed by atoms with Crippen LogP contribution in [-0.4, -0.2) is 25.2 Å². The first-order chi connectivity index (χ1) is 15.5. The minimum Gasteiger partial charge on any atom is -0.324 e. The fourth-order valence-corrected chi connectivity index (χ4v) is 5.48. The Kier molecular flexibility index (Phi) is 7.85. The van der Waals surface area contributed by atoms with E-state index < -0.39 is 15.9 Å². The van der Waals surface area contributed by atoms with Crippen molar-refractivity contribution in [1.82, 2.24) is 4.31 Å². The summed E-state index contributed by atoms with van der Waals surface area (Å²) >= 11 is 12.3. The van der Waals surface area contributed by atoms with E-state index in [1.807, 2.05) is 39.8 Å². The Bertz CT molecular complexity index is 1270. The van der Waals surface area contributed by atoms with Crippen molar-refractivity contribution in [2.24, 2.45) is 0 Å². The van der Waals surface area contributed by atoms with Crippen LogP contribution in [0.25, 0.3) is 0 Å². The highest BCUT2D eigenvalue weighted by Crippen LogP contribution is 2.26. The predicted octanol–water partition coefficient (Wildman–Crippen LogP) is 6.06. The lowest BCUT2D eigenvalue weighted by molar-refractivity contribution is -0.116. The van der Waals surface area contributed by atoms with Crippen molar-refractivity contribution in [3.63, 3.8) is 0 Å². The Morgan fingerprint density at radius 1 is 0.879 bits per heavy atom. The molecule has 5 nitrogen and oxygen atoms in total. The largest absolute Gasteiger partial charge is 0.324 e. The van der Waals surface area contributed by atoms with E-state index in [4.69, 9.17) is 23.2 Å². The van der Waals surface area contributed by atoms with Crippen LogP contribution < -0.4 is 5.32 Å². The quantitative estimate of drug-likeness (QED) is 0.425. The molecule has 0 fully saturated rings. The number of rotatable bonds is 7. The molecule has 8 heteroatoms. The second-order valence-electron chi connectivity index (χ2n) is 8.14. The first-order valence-corrected chi connectivity index (χ1v) is 12.6. The SMILES string of the molecule is Cc1ccc(S(=O)(=O)N(CC(=O)Nc2c(C)cc(C)cc2C)Cc2ccc(Cl)cc2Cl)cc1. The summed E-state index contributed by atoms with van der Waals surface area (Å²) in [7, 11) is -3.98. The molecule has 0 spiro atoms. The molecular formula is C25H26Cl2N2O3S. The van der Waals surface area contributed by atoms with Gasteiger partial charge in [0.15, 0.2) is 0 Å². The Morgan fingerprint density at radius 2 is 1.48 bits per heavy atom. The molecule has 0 atom stereocenters. The topological polar surface area (TPSA) is 66.5 Å². The van der Waals surface area contributed by atoms with Crippen molar-refractivity contribution in [3.8, 4) is 0 Å². The Labute approximate surface area is 205 Å². The summed E-state index contributed by atoms with van der Waals surface area (Å²) in [5, 5.41) is 3.65. The summed E-state index contributed by atoms with van der Waals surface area (Å²) in [5.41, 5.74) is 5.08. The summed E-state index contributed by atoms with van der Waals surface area (Å²) in [6.45, 7) is 7.22. The number of carbonyl (C=O) groups excluding carboxylic acids is 1. The van der Waals surface area contributed by atoms with Gasteiger partial charge in [-0.1, -0.05) is 64.7 Å². The smallest absolute Gasteiger partial charge is 0.243 e. The van der Waals surface area contributed by atoms with Crippen molar-refractivity contribution < 1.29 is 13.2 Å². The zero-order valence-corrected chi connectivity index (χ0v) is 21.3. The normalized spacial score (nSPS) is 11.6.